The molecule has 4 rings (SSSR count). The number of fused-ring (bicyclic) bond motifs is 1. The second-order valence-electron chi connectivity index (χ2n) is 6.87. The van der Waals surface area contributed by atoms with Crippen LogP contribution in [0.2, 0.25) is 0 Å². The smallest absolute Gasteiger partial charge is 0.206 e. The molecule has 0 radical (unpaired) electrons. The van der Waals surface area contributed by atoms with Crippen LogP contribution in [0.1, 0.15) is 22.6 Å². The molecule has 6 nitrogen and oxygen atoms in total. The summed E-state index contributed by atoms with van der Waals surface area (Å²) in [7, 11) is -3.51. The molecule has 29 heavy (non-hydrogen) atoms. The minimum atomic E-state index is -3.51. The van der Waals surface area contributed by atoms with Gasteiger partial charge >= 0.3 is 0 Å². The molecule has 8 heteroatoms. The van der Waals surface area contributed by atoms with Gasteiger partial charge in [0.15, 0.2) is 10.8 Å². The Bertz CT molecular complexity index is 1280. The van der Waals surface area contributed by atoms with Crippen LogP contribution in [0, 0.1) is 20.8 Å². The van der Waals surface area contributed by atoms with E-state index in [2.05, 4.69) is 15.2 Å². The van der Waals surface area contributed by atoms with Crippen LogP contribution in [-0.2, 0) is 15.6 Å². The maximum absolute atomic E-state index is 12.8. The first-order chi connectivity index (χ1) is 13.8. The molecule has 0 fully saturated rings. The van der Waals surface area contributed by atoms with Gasteiger partial charge in [0.2, 0.25) is 9.84 Å². The summed E-state index contributed by atoms with van der Waals surface area (Å²) in [6.45, 7) is 5.79. The van der Waals surface area contributed by atoms with Crippen molar-refractivity contribution in [3.8, 4) is 0 Å². The van der Waals surface area contributed by atoms with Gasteiger partial charge in [-0.15, -0.1) is 10.2 Å². The van der Waals surface area contributed by atoms with Gasteiger partial charge in [0, 0.05) is 17.5 Å². The van der Waals surface area contributed by atoms with Crippen molar-refractivity contribution >= 4 is 27.2 Å². The lowest BCUT2D eigenvalue weighted by molar-refractivity contribution is 0.596. The molecule has 0 spiro atoms. The lowest BCUT2D eigenvalue weighted by atomic mass is 10.2. The van der Waals surface area contributed by atoms with Crippen LogP contribution >= 0.6 is 11.8 Å². The van der Waals surface area contributed by atoms with E-state index < -0.39 is 9.84 Å². The molecule has 0 aliphatic rings. The number of rotatable bonds is 5. The fourth-order valence-electron chi connectivity index (χ4n) is 3.06. The maximum Gasteiger partial charge on any atom is 0.206 e. The summed E-state index contributed by atoms with van der Waals surface area (Å²) >= 11 is 1.54. The third-order valence-electron chi connectivity index (χ3n) is 4.59. The Morgan fingerprint density at radius 2 is 1.52 bits per heavy atom. The van der Waals surface area contributed by atoms with E-state index in [4.69, 9.17) is 0 Å². The van der Waals surface area contributed by atoms with Crippen molar-refractivity contribution in [2.75, 3.05) is 0 Å². The zero-order chi connectivity index (χ0) is 20.6. The second kappa shape index (κ2) is 7.61. The second-order valence-corrected chi connectivity index (χ2v) is 9.76. The summed E-state index contributed by atoms with van der Waals surface area (Å²) in [5, 5.41) is 9.23. The van der Waals surface area contributed by atoms with Gasteiger partial charge in [0.05, 0.1) is 9.79 Å². The van der Waals surface area contributed by atoms with Gasteiger partial charge < -0.3 is 0 Å². The molecule has 148 valence electrons. The summed E-state index contributed by atoms with van der Waals surface area (Å²) in [4.78, 5) is 5.06. The van der Waals surface area contributed by atoms with E-state index in [1.807, 2.05) is 43.4 Å². The molecule has 0 saturated heterocycles. The average Bonchev–Trinajstić information content (AvgIpc) is 3.10. The number of hydrogen-bond acceptors (Lipinski definition) is 6. The van der Waals surface area contributed by atoms with Crippen LogP contribution in [0.25, 0.3) is 5.65 Å². The van der Waals surface area contributed by atoms with E-state index >= 15 is 0 Å². The molecule has 4 aromatic rings. The van der Waals surface area contributed by atoms with Crippen LogP contribution in [0.3, 0.4) is 0 Å². The molecular formula is C21H20N4O2S2. The quantitative estimate of drug-likeness (QED) is 0.448. The van der Waals surface area contributed by atoms with Crippen molar-refractivity contribution in [2.24, 2.45) is 0 Å². The van der Waals surface area contributed by atoms with Gasteiger partial charge in [-0.1, -0.05) is 41.6 Å². The lowest BCUT2D eigenvalue weighted by Gasteiger charge is -2.07. The molecule has 0 amide bonds. The first-order valence-electron chi connectivity index (χ1n) is 9.07. The zero-order valence-electron chi connectivity index (χ0n) is 16.3. The van der Waals surface area contributed by atoms with Crippen LogP contribution in [0.15, 0.2) is 69.5 Å². The van der Waals surface area contributed by atoms with E-state index in [-0.39, 0.29) is 0 Å². The molecule has 0 atom stereocenters. The predicted octanol–water partition coefficient (Wildman–Crippen LogP) is 4.17. The molecular weight excluding hydrogens is 404 g/mol. The van der Waals surface area contributed by atoms with Crippen LogP contribution in [-0.4, -0.2) is 28.0 Å². The maximum atomic E-state index is 12.8. The number of aromatic nitrogens is 4. The normalized spacial score (nSPS) is 11.8. The van der Waals surface area contributed by atoms with E-state index in [0.717, 1.165) is 33.4 Å². The van der Waals surface area contributed by atoms with Gasteiger partial charge in [-0.25, -0.2) is 13.4 Å². The Morgan fingerprint density at radius 3 is 2.17 bits per heavy atom. The topological polar surface area (TPSA) is 77.2 Å². The first kappa shape index (κ1) is 19.6. The number of sulfone groups is 1. The van der Waals surface area contributed by atoms with Crippen molar-refractivity contribution in [2.45, 2.75) is 41.5 Å². The monoisotopic (exact) mass is 424 g/mol. The fourth-order valence-corrected chi connectivity index (χ4v) is 5.27. The largest absolute Gasteiger partial charge is 0.258 e. The van der Waals surface area contributed by atoms with Crippen LogP contribution in [0.5, 0.6) is 0 Å². The molecule has 2 aromatic carbocycles. The van der Waals surface area contributed by atoms with Crippen LogP contribution < -0.4 is 0 Å². The molecule has 0 unspecified atom stereocenters. The zero-order valence-corrected chi connectivity index (χ0v) is 18.0. The van der Waals surface area contributed by atoms with Gasteiger partial charge in [-0.2, -0.15) is 0 Å². The molecule has 0 N–H and O–H groups in total. The Labute approximate surface area is 173 Å². The van der Waals surface area contributed by atoms with Crippen molar-refractivity contribution in [3.05, 3.63) is 77.2 Å². The number of benzene rings is 2. The number of hydrogen-bond donors (Lipinski definition) is 0. The highest BCUT2D eigenvalue weighted by molar-refractivity contribution is 7.98. The molecule has 0 bridgehead atoms. The van der Waals surface area contributed by atoms with Crippen molar-refractivity contribution in [3.63, 3.8) is 0 Å². The summed E-state index contributed by atoms with van der Waals surface area (Å²) in [5.74, 6) is 1.49. The van der Waals surface area contributed by atoms with E-state index in [1.54, 1.807) is 48.2 Å². The van der Waals surface area contributed by atoms with Crippen molar-refractivity contribution in [1.29, 1.82) is 0 Å². The summed E-state index contributed by atoms with van der Waals surface area (Å²) in [6, 6.07) is 15.8. The average molecular weight is 425 g/mol. The standard InChI is InChI=1S/C21H20N4O2S2/c1-14-4-8-18(9-5-14)29(26,27)19-10-6-17(7-11-19)13-28-21-24-23-20-12-15(2)22-16(3)25(20)21/h4-12H,13H2,1-3H3. The molecule has 0 aliphatic carbocycles. The number of thioether (sulfide) groups is 1. The summed E-state index contributed by atoms with van der Waals surface area (Å²) in [5.41, 5.74) is 3.71. The summed E-state index contributed by atoms with van der Waals surface area (Å²) in [6.07, 6.45) is 0. The third kappa shape index (κ3) is 3.90. The third-order valence-corrected chi connectivity index (χ3v) is 7.38. The Kier molecular flexibility index (Phi) is 5.14. The first-order valence-corrected chi connectivity index (χ1v) is 11.5. The molecule has 0 saturated carbocycles. The van der Waals surface area contributed by atoms with Gasteiger partial charge in [0.25, 0.3) is 0 Å². The number of nitrogens with zero attached hydrogens (tertiary/aromatic N) is 4. The van der Waals surface area contributed by atoms with Gasteiger partial charge in [0.1, 0.15) is 5.82 Å². The predicted molar refractivity (Wildman–Crippen MR) is 113 cm³/mol. The Hall–Kier alpha value is -2.71. The highest BCUT2D eigenvalue weighted by Crippen LogP contribution is 2.25. The molecule has 2 aromatic heterocycles. The Morgan fingerprint density at radius 1 is 0.897 bits per heavy atom. The van der Waals surface area contributed by atoms with Crippen molar-refractivity contribution < 1.29 is 8.42 Å². The van der Waals surface area contributed by atoms with E-state index in [1.165, 1.54) is 0 Å². The van der Waals surface area contributed by atoms with Crippen molar-refractivity contribution in [1.82, 2.24) is 19.6 Å². The van der Waals surface area contributed by atoms with Crippen LogP contribution in [0.4, 0.5) is 0 Å². The summed E-state index contributed by atoms with van der Waals surface area (Å²) < 4.78 is 27.5. The molecule has 0 aliphatic heterocycles. The Balaban J connectivity index is 1.53. The minimum Gasteiger partial charge on any atom is -0.258 e. The highest BCUT2D eigenvalue weighted by Gasteiger charge is 2.17. The lowest BCUT2D eigenvalue weighted by Crippen LogP contribution is -2.02. The highest BCUT2D eigenvalue weighted by atomic mass is 32.2. The number of aryl methyl sites for hydroxylation is 3. The fraction of sp³-hybridized carbons (Fsp3) is 0.190. The van der Waals surface area contributed by atoms with Gasteiger partial charge in [-0.05, 0) is 50.6 Å². The van der Waals surface area contributed by atoms with E-state index in [9.17, 15) is 8.42 Å². The SMILES string of the molecule is Cc1ccc(S(=O)(=O)c2ccc(CSc3nnc4cc(C)nc(C)n34)cc2)cc1. The molecule has 2 heterocycles. The van der Waals surface area contributed by atoms with E-state index in [0.29, 0.717) is 15.5 Å². The minimum absolute atomic E-state index is 0.290. The van der Waals surface area contributed by atoms with Gasteiger partial charge in [-0.3, -0.25) is 4.40 Å².